The highest BCUT2D eigenvalue weighted by Gasteiger charge is 2.16. The average molecular weight is 247 g/mol. The van der Waals surface area contributed by atoms with Gasteiger partial charge < -0.3 is 20.7 Å². The van der Waals surface area contributed by atoms with Crippen molar-refractivity contribution in [1.29, 1.82) is 0 Å². The zero-order valence-electron chi connectivity index (χ0n) is 10.2. The zero-order valence-corrected chi connectivity index (χ0v) is 10.2. The van der Waals surface area contributed by atoms with Crippen LogP contribution < -0.4 is 10.5 Å². The quantitative estimate of drug-likeness (QED) is 0.759. The van der Waals surface area contributed by atoms with Crippen molar-refractivity contribution in [2.24, 2.45) is 5.73 Å². The predicted octanol–water partition coefficient (Wildman–Crippen LogP) is 1.20. The van der Waals surface area contributed by atoms with Crippen LogP contribution in [-0.2, 0) is 0 Å². The summed E-state index contributed by atoms with van der Waals surface area (Å²) in [5.74, 6) is 0.794. The molecular formula is C14H17NO3. The molecule has 0 fully saturated rings. The van der Waals surface area contributed by atoms with Crippen LogP contribution in [0.15, 0.2) is 36.4 Å². The number of aliphatic hydroxyl groups is 2. The molecule has 2 unspecified atom stereocenters. The van der Waals surface area contributed by atoms with Gasteiger partial charge in [0.25, 0.3) is 0 Å². The molecule has 4 N–H and O–H groups in total. The molecule has 2 aromatic rings. The van der Waals surface area contributed by atoms with Gasteiger partial charge in [0, 0.05) is 0 Å². The molecule has 0 heterocycles. The van der Waals surface area contributed by atoms with Crippen LogP contribution in [0.2, 0.25) is 0 Å². The van der Waals surface area contributed by atoms with E-state index in [-0.39, 0.29) is 6.61 Å². The lowest BCUT2D eigenvalue weighted by Crippen LogP contribution is -2.31. The molecule has 2 aromatic carbocycles. The Bertz CT molecular complexity index is 542. The van der Waals surface area contributed by atoms with Gasteiger partial charge in [0.05, 0.1) is 25.9 Å². The van der Waals surface area contributed by atoms with Crippen LogP contribution in [0.25, 0.3) is 10.8 Å². The van der Waals surface area contributed by atoms with Gasteiger partial charge in [-0.25, -0.2) is 0 Å². The van der Waals surface area contributed by atoms with Crippen LogP contribution >= 0.6 is 0 Å². The van der Waals surface area contributed by atoms with E-state index in [1.54, 1.807) is 7.11 Å². The number of methoxy groups -OCH3 is 1. The number of benzene rings is 2. The smallest absolute Gasteiger partial charge is 0.119 e. The number of aliphatic hydroxyl groups excluding tert-OH is 2. The van der Waals surface area contributed by atoms with Gasteiger partial charge in [0.15, 0.2) is 0 Å². The summed E-state index contributed by atoms with van der Waals surface area (Å²) in [5, 5.41) is 20.9. The fraction of sp³-hybridized carbons (Fsp3) is 0.286. The van der Waals surface area contributed by atoms with Gasteiger partial charge in [-0.15, -0.1) is 0 Å². The largest absolute Gasteiger partial charge is 0.497 e. The number of fused-ring (bicyclic) bond motifs is 1. The van der Waals surface area contributed by atoms with Gasteiger partial charge in [-0.1, -0.05) is 18.2 Å². The number of hydrogen-bond donors (Lipinski definition) is 3. The molecule has 0 amide bonds. The van der Waals surface area contributed by atoms with Crippen LogP contribution in [0.1, 0.15) is 11.7 Å². The van der Waals surface area contributed by atoms with E-state index in [0.717, 1.165) is 16.5 Å². The fourth-order valence-corrected chi connectivity index (χ4v) is 1.90. The van der Waals surface area contributed by atoms with E-state index >= 15 is 0 Å². The monoisotopic (exact) mass is 247 g/mol. The first kappa shape index (κ1) is 12.8. The van der Waals surface area contributed by atoms with E-state index < -0.39 is 12.1 Å². The Morgan fingerprint density at radius 3 is 2.50 bits per heavy atom. The van der Waals surface area contributed by atoms with Crippen LogP contribution in [0.5, 0.6) is 5.75 Å². The van der Waals surface area contributed by atoms with E-state index in [2.05, 4.69) is 0 Å². The Morgan fingerprint density at radius 2 is 1.83 bits per heavy atom. The SMILES string of the molecule is COc1ccc2cc(C(O)C(N)CO)ccc2c1. The van der Waals surface area contributed by atoms with Crippen molar-refractivity contribution in [3.05, 3.63) is 42.0 Å². The molecule has 18 heavy (non-hydrogen) atoms. The van der Waals surface area contributed by atoms with Crippen molar-refractivity contribution in [2.75, 3.05) is 13.7 Å². The molecule has 96 valence electrons. The first-order valence-corrected chi connectivity index (χ1v) is 5.78. The highest BCUT2D eigenvalue weighted by molar-refractivity contribution is 5.84. The molecule has 4 nitrogen and oxygen atoms in total. The van der Waals surface area contributed by atoms with Crippen molar-refractivity contribution in [1.82, 2.24) is 0 Å². The molecule has 0 aliphatic heterocycles. The summed E-state index contributed by atoms with van der Waals surface area (Å²) in [6.07, 6.45) is -0.860. The zero-order chi connectivity index (χ0) is 13.1. The molecule has 0 radical (unpaired) electrons. The summed E-state index contributed by atoms with van der Waals surface area (Å²) in [5.41, 5.74) is 6.32. The topological polar surface area (TPSA) is 75.7 Å². The minimum Gasteiger partial charge on any atom is -0.497 e. The Labute approximate surface area is 106 Å². The summed E-state index contributed by atoms with van der Waals surface area (Å²) in [7, 11) is 1.62. The van der Waals surface area contributed by atoms with Crippen molar-refractivity contribution >= 4 is 10.8 Å². The van der Waals surface area contributed by atoms with Gasteiger partial charge >= 0.3 is 0 Å². The lowest BCUT2D eigenvalue weighted by Gasteiger charge is -2.17. The molecule has 0 aliphatic carbocycles. The van der Waals surface area contributed by atoms with Crippen LogP contribution in [0, 0.1) is 0 Å². The van der Waals surface area contributed by atoms with Gasteiger partial charge in [-0.2, -0.15) is 0 Å². The van der Waals surface area contributed by atoms with Crippen LogP contribution in [0.4, 0.5) is 0 Å². The number of ether oxygens (including phenoxy) is 1. The molecule has 2 rings (SSSR count). The Morgan fingerprint density at radius 1 is 1.17 bits per heavy atom. The summed E-state index contributed by atoms with van der Waals surface area (Å²) < 4.78 is 5.15. The number of hydrogen-bond acceptors (Lipinski definition) is 4. The van der Waals surface area contributed by atoms with Crippen molar-refractivity contribution in [3.63, 3.8) is 0 Å². The molecule has 0 bridgehead atoms. The minimum absolute atomic E-state index is 0.248. The van der Waals surface area contributed by atoms with Gasteiger partial charge in [0.1, 0.15) is 5.75 Å². The Kier molecular flexibility index (Phi) is 3.81. The van der Waals surface area contributed by atoms with E-state index in [9.17, 15) is 5.11 Å². The second-order valence-corrected chi connectivity index (χ2v) is 4.26. The normalized spacial score (nSPS) is 14.4. The Balaban J connectivity index is 2.38. The second kappa shape index (κ2) is 5.35. The third-order valence-electron chi connectivity index (χ3n) is 3.03. The maximum atomic E-state index is 9.94. The van der Waals surface area contributed by atoms with E-state index in [1.807, 2.05) is 36.4 Å². The highest BCUT2D eigenvalue weighted by atomic mass is 16.5. The summed E-state index contributed by atoms with van der Waals surface area (Å²) >= 11 is 0. The van der Waals surface area contributed by atoms with Crippen molar-refractivity contribution in [3.8, 4) is 5.75 Å². The van der Waals surface area contributed by atoms with Crippen molar-refractivity contribution < 1.29 is 14.9 Å². The third-order valence-corrected chi connectivity index (χ3v) is 3.03. The average Bonchev–Trinajstić information content (AvgIpc) is 2.44. The molecule has 0 aromatic heterocycles. The standard InChI is InChI=1S/C14H17NO3/c1-18-12-5-4-9-6-11(3-2-10(9)7-12)14(17)13(15)8-16/h2-7,13-14,16-17H,8,15H2,1H3. The minimum atomic E-state index is -0.860. The predicted molar refractivity (Wildman–Crippen MR) is 70.5 cm³/mol. The lowest BCUT2D eigenvalue weighted by molar-refractivity contribution is 0.109. The molecular weight excluding hydrogens is 230 g/mol. The number of rotatable bonds is 4. The molecule has 4 heteroatoms. The summed E-state index contributed by atoms with van der Waals surface area (Å²) in [6.45, 7) is -0.248. The summed E-state index contributed by atoms with van der Waals surface area (Å²) in [4.78, 5) is 0. The van der Waals surface area contributed by atoms with Gasteiger partial charge in [-0.05, 0) is 34.5 Å². The third kappa shape index (κ3) is 2.46. The maximum Gasteiger partial charge on any atom is 0.119 e. The molecule has 2 atom stereocenters. The lowest BCUT2D eigenvalue weighted by atomic mass is 9.99. The first-order valence-electron chi connectivity index (χ1n) is 5.78. The Hall–Kier alpha value is -1.62. The molecule has 0 saturated carbocycles. The highest BCUT2D eigenvalue weighted by Crippen LogP contribution is 2.25. The molecule has 0 spiro atoms. The molecule has 0 aliphatic rings. The van der Waals surface area contributed by atoms with Crippen LogP contribution in [-0.4, -0.2) is 30.0 Å². The van der Waals surface area contributed by atoms with E-state index in [1.165, 1.54) is 0 Å². The molecule has 0 saturated heterocycles. The van der Waals surface area contributed by atoms with E-state index in [4.69, 9.17) is 15.6 Å². The summed E-state index contributed by atoms with van der Waals surface area (Å²) in [6, 6.07) is 10.6. The van der Waals surface area contributed by atoms with E-state index in [0.29, 0.717) is 5.56 Å². The maximum absolute atomic E-state index is 9.94. The second-order valence-electron chi connectivity index (χ2n) is 4.26. The number of nitrogens with two attached hydrogens (primary N) is 1. The van der Waals surface area contributed by atoms with Crippen molar-refractivity contribution in [2.45, 2.75) is 12.1 Å². The first-order chi connectivity index (χ1) is 8.65. The van der Waals surface area contributed by atoms with Crippen LogP contribution in [0.3, 0.4) is 0 Å². The van der Waals surface area contributed by atoms with Gasteiger partial charge in [0.2, 0.25) is 0 Å². The fourth-order valence-electron chi connectivity index (χ4n) is 1.90. The van der Waals surface area contributed by atoms with Gasteiger partial charge in [-0.3, -0.25) is 0 Å².